The van der Waals surface area contributed by atoms with E-state index >= 15 is 0 Å². The van der Waals surface area contributed by atoms with E-state index in [0.29, 0.717) is 18.9 Å². The molecule has 3 heterocycles. The molecule has 2 aliphatic heterocycles. The van der Waals surface area contributed by atoms with Gasteiger partial charge in [-0.3, -0.25) is 19.4 Å². The van der Waals surface area contributed by atoms with Crippen molar-refractivity contribution >= 4 is 29.0 Å². The van der Waals surface area contributed by atoms with Gasteiger partial charge in [0.25, 0.3) is 5.91 Å². The standard InChI is InChI=1S/C24H30N6O2/c1-28(16-18-8-7-15-29(18)21-11-6-14-25-27-21)17-22(31)30-20-10-3-2-9-19(20)26-23(32)24(30)12-4-5-13-24/h2-3,6,9-11,14,18H,4-5,7-8,12-13,15-17H2,1H3,(H,26,32). The first-order chi connectivity index (χ1) is 15.6. The van der Waals surface area contributed by atoms with Crippen LogP contribution in [0, 0.1) is 0 Å². The van der Waals surface area contributed by atoms with E-state index in [1.165, 1.54) is 0 Å². The lowest BCUT2D eigenvalue weighted by Crippen LogP contribution is -2.62. The number of carbonyl (C=O) groups is 2. The number of hydrogen-bond donors (Lipinski definition) is 1. The molecule has 2 amide bonds. The van der Waals surface area contributed by atoms with E-state index in [-0.39, 0.29) is 18.4 Å². The van der Waals surface area contributed by atoms with E-state index in [2.05, 4.69) is 25.3 Å². The molecule has 0 bridgehead atoms. The smallest absolute Gasteiger partial charge is 0.250 e. The molecule has 8 heteroatoms. The van der Waals surface area contributed by atoms with Gasteiger partial charge >= 0.3 is 0 Å². The lowest BCUT2D eigenvalue weighted by molar-refractivity contribution is -0.127. The molecule has 1 atom stereocenters. The Morgan fingerprint density at radius 1 is 1.19 bits per heavy atom. The second-order valence-corrected chi connectivity index (χ2v) is 9.21. The molecule has 1 aliphatic carbocycles. The van der Waals surface area contributed by atoms with Crippen molar-refractivity contribution in [1.82, 2.24) is 15.1 Å². The highest BCUT2D eigenvalue weighted by Crippen LogP contribution is 2.45. The normalized spacial score (nSPS) is 21.8. The maximum Gasteiger partial charge on any atom is 0.250 e. The third kappa shape index (κ3) is 3.62. The van der Waals surface area contributed by atoms with Gasteiger partial charge in [-0.15, -0.1) is 5.10 Å². The molecule has 5 rings (SSSR count). The van der Waals surface area contributed by atoms with Crippen molar-refractivity contribution in [3.05, 3.63) is 42.6 Å². The average Bonchev–Trinajstić information content (AvgIpc) is 3.46. The summed E-state index contributed by atoms with van der Waals surface area (Å²) in [5.74, 6) is 0.830. The van der Waals surface area contributed by atoms with Crippen molar-refractivity contribution in [1.29, 1.82) is 0 Å². The second kappa shape index (κ2) is 8.50. The van der Waals surface area contributed by atoms with Crippen molar-refractivity contribution < 1.29 is 9.59 Å². The van der Waals surface area contributed by atoms with Crippen LogP contribution in [-0.2, 0) is 9.59 Å². The predicted molar refractivity (Wildman–Crippen MR) is 124 cm³/mol. The highest BCUT2D eigenvalue weighted by Gasteiger charge is 2.52. The van der Waals surface area contributed by atoms with Gasteiger partial charge in [-0.1, -0.05) is 25.0 Å². The van der Waals surface area contributed by atoms with Crippen LogP contribution in [0.2, 0.25) is 0 Å². The summed E-state index contributed by atoms with van der Waals surface area (Å²) < 4.78 is 0. The summed E-state index contributed by atoms with van der Waals surface area (Å²) in [6.07, 6.45) is 7.21. The maximum absolute atomic E-state index is 13.7. The van der Waals surface area contributed by atoms with Crippen molar-refractivity contribution in [3.63, 3.8) is 0 Å². The number of likely N-dealkylation sites (N-methyl/N-ethyl adjacent to an activating group) is 1. The van der Waals surface area contributed by atoms with Crippen LogP contribution < -0.4 is 15.1 Å². The van der Waals surface area contributed by atoms with Crippen LogP contribution in [0.25, 0.3) is 0 Å². The topological polar surface area (TPSA) is 81.7 Å². The number of anilines is 3. The Morgan fingerprint density at radius 2 is 2.00 bits per heavy atom. The van der Waals surface area contributed by atoms with E-state index in [1.54, 1.807) is 11.1 Å². The Hall–Kier alpha value is -3.00. The van der Waals surface area contributed by atoms with Gasteiger partial charge in [0, 0.05) is 25.3 Å². The average molecular weight is 435 g/mol. The maximum atomic E-state index is 13.7. The van der Waals surface area contributed by atoms with E-state index in [9.17, 15) is 9.59 Å². The molecule has 0 radical (unpaired) electrons. The summed E-state index contributed by atoms with van der Waals surface area (Å²) >= 11 is 0. The van der Waals surface area contributed by atoms with Crippen LogP contribution in [-0.4, -0.2) is 65.2 Å². The van der Waals surface area contributed by atoms with Crippen LogP contribution in [0.1, 0.15) is 38.5 Å². The van der Waals surface area contributed by atoms with Gasteiger partial charge < -0.3 is 10.2 Å². The first kappa shape index (κ1) is 20.9. The highest BCUT2D eigenvalue weighted by molar-refractivity contribution is 6.15. The van der Waals surface area contributed by atoms with Gasteiger partial charge in [0.2, 0.25) is 5.91 Å². The number of rotatable bonds is 5. The van der Waals surface area contributed by atoms with Crippen LogP contribution >= 0.6 is 0 Å². The summed E-state index contributed by atoms with van der Waals surface area (Å²) in [5, 5.41) is 11.3. The lowest BCUT2D eigenvalue weighted by Gasteiger charge is -2.45. The first-order valence-corrected chi connectivity index (χ1v) is 11.5. The predicted octanol–water partition coefficient (Wildman–Crippen LogP) is 2.68. The Labute approximate surface area is 188 Å². The largest absolute Gasteiger partial charge is 0.351 e. The molecule has 8 nitrogen and oxygen atoms in total. The summed E-state index contributed by atoms with van der Waals surface area (Å²) in [6, 6.07) is 11.8. The van der Waals surface area contributed by atoms with Gasteiger partial charge in [-0.25, -0.2) is 0 Å². The SMILES string of the molecule is CN(CC(=O)N1c2ccccc2NC(=O)C12CCCC2)CC1CCCN1c1cccnn1. The molecule has 32 heavy (non-hydrogen) atoms. The van der Waals surface area contributed by atoms with E-state index in [4.69, 9.17) is 0 Å². The van der Waals surface area contributed by atoms with Crippen molar-refractivity contribution in [2.75, 3.05) is 41.8 Å². The van der Waals surface area contributed by atoms with Crippen LogP contribution in [0.15, 0.2) is 42.6 Å². The summed E-state index contributed by atoms with van der Waals surface area (Å²) in [4.78, 5) is 33.0. The van der Waals surface area contributed by atoms with Gasteiger partial charge in [-0.05, 0) is 57.0 Å². The molecule has 1 saturated carbocycles. The molecule has 1 N–H and O–H groups in total. The molecule has 1 unspecified atom stereocenters. The Morgan fingerprint density at radius 3 is 2.78 bits per heavy atom. The molecule has 1 aromatic heterocycles. The number of aromatic nitrogens is 2. The third-order valence-corrected chi connectivity index (χ3v) is 7.08. The summed E-state index contributed by atoms with van der Waals surface area (Å²) in [5.41, 5.74) is 0.774. The molecule has 1 spiro atoms. The molecule has 1 saturated heterocycles. The molecule has 2 aromatic rings. The quantitative estimate of drug-likeness (QED) is 0.779. The van der Waals surface area contributed by atoms with E-state index < -0.39 is 5.54 Å². The second-order valence-electron chi connectivity index (χ2n) is 9.21. The number of hydrogen-bond acceptors (Lipinski definition) is 6. The van der Waals surface area contributed by atoms with Gasteiger partial charge in [0.05, 0.1) is 17.9 Å². The molecule has 3 aliphatic rings. The number of amides is 2. The first-order valence-electron chi connectivity index (χ1n) is 11.5. The minimum atomic E-state index is -0.759. The van der Waals surface area contributed by atoms with Gasteiger partial charge in [-0.2, -0.15) is 5.10 Å². The molecular weight excluding hydrogens is 404 g/mol. The zero-order chi connectivity index (χ0) is 22.1. The highest BCUT2D eigenvalue weighted by atomic mass is 16.2. The number of fused-ring (bicyclic) bond motifs is 1. The fourth-order valence-corrected chi connectivity index (χ4v) is 5.63. The fourth-order valence-electron chi connectivity index (χ4n) is 5.63. The minimum Gasteiger partial charge on any atom is -0.351 e. The van der Waals surface area contributed by atoms with Crippen LogP contribution in [0.3, 0.4) is 0 Å². The Kier molecular flexibility index (Phi) is 5.55. The number of nitrogens with one attached hydrogen (secondary N) is 1. The number of carbonyl (C=O) groups excluding carboxylic acids is 2. The number of benzene rings is 1. The third-order valence-electron chi connectivity index (χ3n) is 7.08. The lowest BCUT2D eigenvalue weighted by atomic mass is 9.89. The Balaban J connectivity index is 1.34. The van der Waals surface area contributed by atoms with E-state index in [0.717, 1.165) is 56.0 Å². The van der Waals surface area contributed by atoms with Gasteiger partial charge in [0.15, 0.2) is 5.82 Å². The molecule has 168 valence electrons. The monoisotopic (exact) mass is 434 g/mol. The number of nitrogens with zero attached hydrogens (tertiary/aromatic N) is 5. The minimum absolute atomic E-state index is 0.0132. The van der Waals surface area contributed by atoms with Crippen LogP contribution in [0.4, 0.5) is 17.2 Å². The zero-order valence-electron chi connectivity index (χ0n) is 18.5. The molecular formula is C24H30N6O2. The zero-order valence-corrected chi connectivity index (χ0v) is 18.5. The summed E-state index contributed by atoms with van der Waals surface area (Å²) in [7, 11) is 1.99. The van der Waals surface area contributed by atoms with Crippen molar-refractivity contribution in [2.24, 2.45) is 0 Å². The molecule has 2 fully saturated rings. The summed E-state index contributed by atoms with van der Waals surface area (Å²) in [6.45, 7) is 1.99. The Bertz CT molecular complexity index is 991. The van der Waals surface area contributed by atoms with Gasteiger partial charge in [0.1, 0.15) is 5.54 Å². The van der Waals surface area contributed by atoms with Crippen molar-refractivity contribution in [3.8, 4) is 0 Å². The van der Waals surface area contributed by atoms with Crippen molar-refractivity contribution in [2.45, 2.75) is 50.1 Å². The fraction of sp³-hybridized carbons (Fsp3) is 0.500. The molecule has 1 aromatic carbocycles. The van der Waals surface area contributed by atoms with E-state index in [1.807, 2.05) is 43.4 Å². The van der Waals surface area contributed by atoms with Crippen LogP contribution in [0.5, 0.6) is 0 Å². The number of para-hydroxylation sites is 2.